The van der Waals surface area contributed by atoms with Gasteiger partial charge in [0.05, 0.1) is 18.2 Å². The molecule has 2 aromatic heterocycles. The van der Waals surface area contributed by atoms with Crippen molar-refractivity contribution in [3.05, 3.63) is 109 Å². The highest BCUT2D eigenvalue weighted by molar-refractivity contribution is 7.94. The van der Waals surface area contributed by atoms with Crippen LogP contribution in [0.2, 0.25) is 0 Å². The van der Waals surface area contributed by atoms with Gasteiger partial charge in [-0.2, -0.15) is 0 Å². The molecule has 4 nitrogen and oxygen atoms in total. The summed E-state index contributed by atoms with van der Waals surface area (Å²) in [6.07, 6.45) is 3.46. The Hall–Kier alpha value is -3.61. The van der Waals surface area contributed by atoms with Crippen LogP contribution in [0, 0.1) is 5.82 Å². The summed E-state index contributed by atoms with van der Waals surface area (Å²) in [6, 6.07) is 28.2. The quantitative estimate of drug-likeness (QED) is 0.174. The molecule has 0 fully saturated rings. The molecule has 0 N–H and O–H groups in total. The van der Waals surface area contributed by atoms with Gasteiger partial charge in [0, 0.05) is 33.2 Å². The predicted molar refractivity (Wildman–Crippen MR) is 121 cm³/mol. The maximum Gasteiger partial charge on any atom is 0.179 e. The van der Waals surface area contributed by atoms with Crippen molar-refractivity contribution in [2.24, 2.45) is 0 Å². The Balaban J connectivity index is 1.55. The number of hydrogen-bond donors (Lipinski definition) is 0. The molecule has 0 aliphatic heterocycles. The molecule has 0 saturated carbocycles. The van der Waals surface area contributed by atoms with Crippen LogP contribution in [0.5, 0.6) is 0 Å². The fourth-order valence-corrected chi connectivity index (χ4v) is 3.83. The van der Waals surface area contributed by atoms with Crippen molar-refractivity contribution >= 4 is 23.1 Å². The number of rotatable bonds is 6. The lowest BCUT2D eigenvalue weighted by Gasteiger charge is -2.05. The lowest BCUT2D eigenvalue weighted by molar-refractivity contribution is -0.188. The fourth-order valence-electron chi connectivity index (χ4n) is 3.38. The maximum absolute atomic E-state index is 14.6. The third-order valence-corrected chi connectivity index (χ3v) is 5.46. The first-order valence-corrected chi connectivity index (χ1v) is 10.4. The molecule has 5 rings (SSSR count). The number of hydrogen-bond acceptors (Lipinski definition) is 4. The van der Waals surface area contributed by atoms with E-state index in [1.54, 1.807) is 30.6 Å². The minimum atomic E-state index is -0.314. The van der Waals surface area contributed by atoms with Gasteiger partial charge in [0.2, 0.25) is 0 Å². The number of fused-ring (bicyclic) bond motifs is 1. The van der Waals surface area contributed by atoms with E-state index in [2.05, 4.69) is 4.98 Å². The standard InChI is InChI=1S/C25H17FN2O2S/c26-24-14-8-7-13-21(24)23-17-28(29-30-31-20-11-5-2-6-12-20)25-22(23)15-19(16-27-25)18-9-3-1-4-10-18/h1-17H. The van der Waals surface area contributed by atoms with Crippen LogP contribution in [-0.4, -0.2) is 9.71 Å². The van der Waals surface area contributed by atoms with Crippen molar-refractivity contribution in [1.29, 1.82) is 0 Å². The highest BCUT2D eigenvalue weighted by atomic mass is 32.2. The van der Waals surface area contributed by atoms with E-state index < -0.39 is 0 Å². The number of aromatic nitrogens is 2. The minimum Gasteiger partial charge on any atom is -0.235 e. The van der Waals surface area contributed by atoms with Crippen LogP contribution in [0.15, 0.2) is 108 Å². The Kier molecular flexibility index (Phi) is 5.39. The second-order valence-corrected chi connectivity index (χ2v) is 7.62. The highest BCUT2D eigenvalue weighted by Gasteiger charge is 2.17. The van der Waals surface area contributed by atoms with Gasteiger partial charge in [-0.05, 0) is 29.8 Å². The monoisotopic (exact) mass is 428 g/mol. The first-order valence-electron chi connectivity index (χ1n) is 9.68. The zero-order chi connectivity index (χ0) is 21.0. The molecule has 2 heterocycles. The molecule has 0 atom stereocenters. The average molecular weight is 428 g/mol. The Morgan fingerprint density at radius 1 is 0.774 bits per heavy atom. The number of halogens is 1. The lowest BCUT2D eigenvalue weighted by Crippen LogP contribution is -2.07. The van der Waals surface area contributed by atoms with Crippen LogP contribution in [-0.2, 0) is 4.33 Å². The van der Waals surface area contributed by atoms with Crippen LogP contribution in [0.3, 0.4) is 0 Å². The summed E-state index contributed by atoms with van der Waals surface area (Å²) < 4.78 is 21.4. The van der Waals surface area contributed by atoms with Crippen molar-refractivity contribution < 1.29 is 13.7 Å². The van der Waals surface area contributed by atoms with Crippen LogP contribution in [0.25, 0.3) is 33.3 Å². The molecule has 0 aliphatic carbocycles. The molecule has 3 aromatic carbocycles. The van der Waals surface area contributed by atoms with E-state index in [0.717, 1.165) is 33.5 Å². The number of pyridine rings is 1. The van der Waals surface area contributed by atoms with E-state index in [-0.39, 0.29) is 5.82 Å². The van der Waals surface area contributed by atoms with Crippen molar-refractivity contribution in [1.82, 2.24) is 9.71 Å². The SMILES string of the molecule is Fc1ccccc1-c1cn(OOSc2ccccc2)c2ncc(-c3ccccc3)cc12. The molecule has 5 aromatic rings. The Bertz CT molecular complexity index is 1320. The van der Waals surface area contributed by atoms with Crippen LogP contribution >= 0.6 is 12.0 Å². The zero-order valence-electron chi connectivity index (χ0n) is 16.3. The van der Waals surface area contributed by atoms with Gasteiger partial charge in [0.15, 0.2) is 5.65 Å². The second kappa shape index (κ2) is 8.63. The molecule has 0 amide bonds. The molecule has 6 heteroatoms. The van der Waals surface area contributed by atoms with E-state index in [1.165, 1.54) is 10.8 Å². The topological polar surface area (TPSA) is 36.3 Å². The molecule has 0 spiro atoms. The van der Waals surface area contributed by atoms with Gasteiger partial charge >= 0.3 is 0 Å². The molecular formula is C25H17FN2O2S. The third-order valence-electron chi connectivity index (χ3n) is 4.87. The second-order valence-electron chi connectivity index (χ2n) is 6.85. The van der Waals surface area contributed by atoms with Gasteiger partial charge < -0.3 is 0 Å². The number of benzene rings is 3. The molecule has 0 saturated heterocycles. The molecular weight excluding hydrogens is 411 g/mol. The molecule has 0 bridgehead atoms. The normalized spacial score (nSPS) is 11.0. The Morgan fingerprint density at radius 2 is 1.48 bits per heavy atom. The molecule has 0 radical (unpaired) electrons. The van der Waals surface area contributed by atoms with Crippen molar-refractivity contribution in [2.45, 2.75) is 4.90 Å². The van der Waals surface area contributed by atoms with Gasteiger partial charge in [-0.25, -0.2) is 14.4 Å². The number of nitrogens with zero attached hydrogens (tertiary/aromatic N) is 2. The largest absolute Gasteiger partial charge is 0.235 e. The molecule has 31 heavy (non-hydrogen) atoms. The van der Waals surface area contributed by atoms with Gasteiger partial charge in [-0.1, -0.05) is 71.1 Å². The Labute approximate surface area is 183 Å². The maximum atomic E-state index is 14.6. The first-order chi connectivity index (χ1) is 15.3. The summed E-state index contributed by atoms with van der Waals surface area (Å²) >= 11 is 1.09. The minimum absolute atomic E-state index is 0.314. The first kappa shape index (κ1) is 19.4. The van der Waals surface area contributed by atoms with E-state index >= 15 is 0 Å². The summed E-state index contributed by atoms with van der Waals surface area (Å²) in [5, 5.41) is 0.764. The molecule has 152 valence electrons. The summed E-state index contributed by atoms with van der Waals surface area (Å²) in [6.45, 7) is 0. The van der Waals surface area contributed by atoms with Crippen molar-refractivity contribution in [3.8, 4) is 22.3 Å². The van der Waals surface area contributed by atoms with Crippen molar-refractivity contribution in [3.63, 3.8) is 0 Å². The molecule has 0 aliphatic rings. The summed E-state index contributed by atoms with van der Waals surface area (Å²) in [4.78, 5) is 11.0. The third kappa shape index (κ3) is 4.03. The van der Waals surface area contributed by atoms with Crippen LogP contribution in [0.4, 0.5) is 4.39 Å². The van der Waals surface area contributed by atoms with E-state index in [9.17, 15) is 4.39 Å². The van der Waals surface area contributed by atoms with E-state index in [1.807, 2.05) is 66.7 Å². The predicted octanol–water partition coefficient (Wildman–Crippen LogP) is 6.58. The van der Waals surface area contributed by atoms with Gasteiger partial charge in [0.1, 0.15) is 5.82 Å². The van der Waals surface area contributed by atoms with Crippen molar-refractivity contribution in [2.75, 3.05) is 0 Å². The van der Waals surface area contributed by atoms with Crippen LogP contribution < -0.4 is 4.99 Å². The summed E-state index contributed by atoms with van der Waals surface area (Å²) in [5.41, 5.74) is 3.64. The van der Waals surface area contributed by atoms with E-state index in [0.29, 0.717) is 16.8 Å². The van der Waals surface area contributed by atoms with Gasteiger partial charge in [0.25, 0.3) is 0 Å². The fraction of sp³-hybridized carbons (Fsp3) is 0. The Morgan fingerprint density at radius 3 is 2.26 bits per heavy atom. The average Bonchev–Trinajstić information content (AvgIpc) is 3.18. The lowest BCUT2D eigenvalue weighted by atomic mass is 10.0. The molecule has 0 unspecified atom stereocenters. The smallest absolute Gasteiger partial charge is 0.179 e. The van der Waals surface area contributed by atoms with Gasteiger partial charge in [-0.15, -0.1) is 4.73 Å². The van der Waals surface area contributed by atoms with Crippen LogP contribution in [0.1, 0.15) is 0 Å². The highest BCUT2D eigenvalue weighted by Crippen LogP contribution is 2.34. The van der Waals surface area contributed by atoms with E-state index in [4.69, 9.17) is 9.32 Å². The summed E-state index contributed by atoms with van der Waals surface area (Å²) in [5.74, 6) is -0.314. The zero-order valence-corrected chi connectivity index (χ0v) is 17.1. The summed E-state index contributed by atoms with van der Waals surface area (Å²) in [7, 11) is 0. The van der Waals surface area contributed by atoms with Gasteiger partial charge in [-0.3, -0.25) is 0 Å².